The molecule has 1 heterocycles. The monoisotopic (exact) mass is 361 g/mol. The minimum Gasteiger partial charge on any atom is -0.325 e. The van der Waals surface area contributed by atoms with Crippen molar-refractivity contribution in [2.75, 3.05) is 10.6 Å². The molecule has 0 aromatic heterocycles. The molecule has 108 valence electrons. The number of carbonyl (C=O) groups excluding carboxylic acids is 1. The van der Waals surface area contributed by atoms with Crippen LogP contribution in [0.4, 0.5) is 5.69 Å². The normalized spacial score (nSPS) is 16.5. The summed E-state index contributed by atoms with van der Waals surface area (Å²) in [5.74, 6) is 0.0874. The zero-order valence-corrected chi connectivity index (χ0v) is 13.9. The molecule has 0 radical (unpaired) electrons. The molecule has 1 amide bonds. The Balaban J connectivity index is 1.62. The summed E-state index contributed by atoms with van der Waals surface area (Å²) < 4.78 is 0. The number of amides is 1. The molecule has 0 aliphatic carbocycles. The second-order valence-electron chi connectivity index (χ2n) is 5.04. The van der Waals surface area contributed by atoms with Crippen molar-refractivity contribution >= 4 is 39.3 Å². The van der Waals surface area contributed by atoms with Gasteiger partial charge in [0.25, 0.3) is 0 Å². The Kier molecular flexibility index (Phi) is 4.66. The number of anilines is 1. The van der Waals surface area contributed by atoms with Gasteiger partial charge in [-0.2, -0.15) is 0 Å². The lowest BCUT2D eigenvalue weighted by Crippen LogP contribution is -2.24. The molecule has 3 rings (SSSR count). The summed E-state index contributed by atoms with van der Waals surface area (Å²) in [6.45, 7) is 0. The molecule has 0 saturated heterocycles. The number of fused-ring (bicyclic) bond motifs is 1. The minimum atomic E-state index is -0.0235. The van der Waals surface area contributed by atoms with E-state index < -0.39 is 0 Å². The summed E-state index contributed by atoms with van der Waals surface area (Å²) in [6.07, 6.45) is 1.82. The van der Waals surface area contributed by atoms with E-state index in [1.54, 1.807) is 11.8 Å². The average molecular weight is 362 g/mol. The van der Waals surface area contributed by atoms with Gasteiger partial charge >= 0.3 is 0 Å². The molecule has 1 unspecified atom stereocenters. The second-order valence-corrected chi connectivity index (χ2v) is 7.08. The number of benzene rings is 2. The number of hydrogen-bond acceptors (Lipinski definition) is 2. The molecule has 1 atom stereocenters. The fourth-order valence-corrected chi connectivity index (χ4v) is 4.07. The molecule has 0 spiro atoms. The summed E-state index contributed by atoms with van der Waals surface area (Å²) in [5, 5.41) is 3.95. The smallest absolute Gasteiger partial charge is 0.238 e. The van der Waals surface area contributed by atoms with Crippen LogP contribution in [-0.2, 0) is 17.6 Å². The number of aryl methyl sites for hydroxylation is 1. The summed E-state index contributed by atoms with van der Waals surface area (Å²) >= 11 is 5.09. The fraction of sp³-hybridized carbons (Fsp3) is 0.235. The number of alkyl halides is 1. The van der Waals surface area contributed by atoms with Crippen LogP contribution in [0.1, 0.15) is 11.1 Å². The van der Waals surface area contributed by atoms with Gasteiger partial charge in [-0.1, -0.05) is 46.3 Å². The highest BCUT2D eigenvalue weighted by Crippen LogP contribution is 2.37. The molecule has 0 saturated carbocycles. The third kappa shape index (κ3) is 3.50. The van der Waals surface area contributed by atoms with E-state index in [2.05, 4.69) is 45.5 Å². The van der Waals surface area contributed by atoms with Crippen LogP contribution in [0.25, 0.3) is 0 Å². The van der Waals surface area contributed by atoms with Gasteiger partial charge in [0.15, 0.2) is 0 Å². The molecule has 1 N–H and O–H groups in total. The van der Waals surface area contributed by atoms with Gasteiger partial charge in [-0.05, 0) is 42.2 Å². The van der Waals surface area contributed by atoms with Gasteiger partial charge in [-0.3, -0.25) is 4.79 Å². The van der Waals surface area contributed by atoms with Crippen LogP contribution in [0.5, 0.6) is 0 Å². The van der Waals surface area contributed by atoms with Crippen LogP contribution < -0.4 is 5.32 Å². The van der Waals surface area contributed by atoms with Crippen LogP contribution in [0, 0.1) is 0 Å². The van der Waals surface area contributed by atoms with E-state index in [9.17, 15) is 4.79 Å². The molecule has 2 aromatic carbocycles. The maximum absolute atomic E-state index is 12.4. The summed E-state index contributed by atoms with van der Waals surface area (Å²) in [4.78, 5) is 13.6. The van der Waals surface area contributed by atoms with Gasteiger partial charge in [0, 0.05) is 15.9 Å². The molecule has 1 aliphatic heterocycles. The molecule has 4 heteroatoms. The first kappa shape index (κ1) is 14.7. The summed E-state index contributed by atoms with van der Waals surface area (Å²) in [5.41, 5.74) is 3.41. The number of nitrogens with one attached hydrogen (secondary N) is 1. The van der Waals surface area contributed by atoms with Crippen molar-refractivity contribution in [3.05, 3.63) is 59.7 Å². The first-order chi connectivity index (χ1) is 10.3. The Hall–Kier alpha value is -1.26. The van der Waals surface area contributed by atoms with Crippen molar-refractivity contribution < 1.29 is 4.79 Å². The minimum absolute atomic E-state index is 0.0235. The largest absolute Gasteiger partial charge is 0.325 e. The van der Waals surface area contributed by atoms with Crippen molar-refractivity contribution in [1.29, 1.82) is 0 Å². The highest BCUT2D eigenvalue weighted by atomic mass is 79.9. The van der Waals surface area contributed by atoms with Crippen molar-refractivity contribution in [1.82, 2.24) is 0 Å². The zero-order chi connectivity index (χ0) is 14.7. The predicted molar refractivity (Wildman–Crippen MR) is 92.4 cm³/mol. The number of halogens is 1. The molecule has 1 aliphatic rings. The van der Waals surface area contributed by atoms with E-state index in [0.29, 0.717) is 0 Å². The molecular weight excluding hydrogens is 346 g/mol. The molecule has 0 bridgehead atoms. The third-order valence-corrected chi connectivity index (χ3v) is 5.26. The van der Waals surface area contributed by atoms with Crippen LogP contribution in [-0.4, -0.2) is 16.5 Å². The zero-order valence-electron chi connectivity index (χ0n) is 11.5. The molecule has 21 heavy (non-hydrogen) atoms. The maximum atomic E-state index is 12.4. The highest BCUT2D eigenvalue weighted by Gasteiger charge is 2.27. The van der Waals surface area contributed by atoms with Crippen molar-refractivity contribution in [3.63, 3.8) is 0 Å². The molecular formula is C17H16BrNOS. The Bertz CT molecular complexity index is 616. The number of carbonyl (C=O) groups is 1. The number of rotatable bonds is 4. The van der Waals surface area contributed by atoms with Crippen molar-refractivity contribution in [2.45, 2.75) is 23.0 Å². The van der Waals surface area contributed by atoms with E-state index in [4.69, 9.17) is 0 Å². The van der Waals surface area contributed by atoms with Crippen LogP contribution >= 0.6 is 27.7 Å². The van der Waals surface area contributed by atoms with E-state index in [0.717, 1.165) is 23.9 Å². The summed E-state index contributed by atoms with van der Waals surface area (Å²) in [6, 6.07) is 16.3. The lowest BCUT2D eigenvalue weighted by Gasteiger charge is -2.10. The quantitative estimate of drug-likeness (QED) is 0.823. The van der Waals surface area contributed by atoms with Gasteiger partial charge in [-0.15, -0.1) is 11.8 Å². The molecule has 2 aromatic rings. The predicted octanol–water partition coefficient (Wildman–Crippen LogP) is 4.28. The molecule has 0 fully saturated rings. The van der Waals surface area contributed by atoms with Gasteiger partial charge in [0.2, 0.25) is 5.91 Å². The number of hydrogen-bond donors (Lipinski definition) is 1. The van der Waals surface area contributed by atoms with Gasteiger partial charge < -0.3 is 5.32 Å². The van der Waals surface area contributed by atoms with E-state index in [-0.39, 0.29) is 11.2 Å². The SMILES string of the molecule is O=C(Nc1ccc(CCBr)cc1)C1Cc2ccccc2S1. The summed E-state index contributed by atoms with van der Waals surface area (Å²) in [7, 11) is 0. The average Bonchev–Trinajstić information content (AvgIpc) is 2.94. The Labute approximate surface area is 137 Å². The lowest BCUT2D eigenvalue weighted by atomic mass is 10.1. The van der Waals surface area contributed by atoms with Gasteiger partial charge in [0.05, 0.1) is 5.25 Å². The third-order valence-electron chi connectivity index (χ3n) is 3.54. The Morgan fingerprint density at radius 2 is 1.95 bits per heavy atom. The number of thioether (sulfide) groups is 1. The van der Waals surface area contributed by atoms with Crippen molar-refractivity contribution in [3.8, 4) is 0 Å². The van der Waals surface area contributed by atoms with E-state index in [1.165, 1.54) is 16.0 Å². The van der Waals surface area contributed by atoms with E-state index >= 15 is 0 Å². The van der Waals surface area contributed by atoms with Gasteiger partial charge in [-0.25, -0.2) is 0 Å². The standard InChI is InChI=1S/C17H16BrNOS/c18-10-9-12-5-7-14(8-6-12)19-17(20)16-11-13-3-1-2-4-15(13)21-16/h1-8,16H,9-11H2,(H,19,20). The Morgan fingerprint density at radius 1 is 1.19 bits per heavy atom. The first-order valence-electron chi connectivity index (χ1n) is 6.96. The topological polar surface area (TPSA) is 29.1 Å². The van der Waals surface area contributed by atoms with E-state index in [1.807, 2.05) is 24.3 Å². The van der Waals surface area contributed by atoms with Crippen LogP contribution in [0.3, 0.4) is 0 Å². The van der Waals surface area contributed by atoms with Crippen LogP contribution in [0.2, 0.25) is 0 Å². The van der Waals surface area contributed by atoms with Crippen molar-refractivity contribution in [2.24, 2.45) is 0 Å². The lowest BCUT2D eigenvalue weighted by molar-refractivity contribution is -0.115. The second kappa shape index (κ2) is 6.67. The van der Waals surface area contributed by atoms with Crippen LogP contribution in [0.15, 0.2) is 53.4 Å². The van der Waals surface area contributed by atoms with Gasteiger partial charge in [0.1, 0.15) is 0 Å². The Morgan fingerprint density at radius 3 is 2.67 bits per heavy atom. The maximum Gasteiger partial charge on any atom is 0.238 e. The molecule has 2 nitrogen and oxygen atoms in total. The first-order valence-corrected chi connectivity index (χ1v) is 8.97. The fourth-order valence-electron chi connectivity index (χ4n) is 2.41. The highest BCUT2D eigenvalue weighted by molar-refractivity contribution is 9.09.